The SMILES string of the molecule is CCC(CC)CNCC(=O)Nc1cccc(OC)c1. The molecule has 0 aromatic heterocycles. The zero-order valence-electron chi connectivity index (χ0n) is 12.0. The van der Waals surface area contributed by atoms with Crippen molar-refractivity contribution in [1.29, 1.82) is 0 Å². The number of nitrogens with one attached hydrogen (secondary N) is 2. The lowest BCUT2D eigenvalue weighted by atomic mass is 10.0. The van der Waals surface area contributed by atoms with Crippen molar-refractivity contribution in [1.82, 2.24) is 5.32 Å². The highest BCUT2D eigenvalue weighted by Gasteiger charge is 2.06. The van der Waals surface area contributed by atoms with Gasteiger partial charge in [0.1, 0.15) is 5.75 Å². The number of amides is 1. The monoisotopic (exact) mass is 264 g/mol. The van der Waals surface area contributed by atoms with Gasteiger partial charge in [-0.05, 0) is 24.6 Å². The van der Waals surface area contributed by atoms with E-state index < -0.39 is 0 Å². The first kappa shape index (κ1) is 15.5. The predicted octanol–water partition coefficient (Wildman–Crippen LogP) is 2.66. The number of hydrogen-bond acceptors (Lipinski definition) is 3. The number of anilines is 1. The molecule has 0 saturated heterocycles. The summed E-state index contributed by atoms with van der Waals surface area (Å²) in [5.74, 6) is 1.35. The molecule has 106 valence electrons. The summed E-state index contributed by atoms with van der Waals surface area (Å²) in [6.07, 6.45) is 2.28. The lowest BCUT2D eigenvalue weighted by Gasteiger charge is -2.13. The van der Waals surface area contributed by atoms with Crippen LogP contribution < -0.4 is 15.4 Å². The third-order valence-corrected chi connectivity index (χ3v) is 3.23. The number of benzene rings is 1. The van der Waals surface area contributed by atoms with E-state index in [-0.39, 0.29) is 5.91 Å². The Morgan fingerprint density at radius 1 is 1.32 bits per heavy atom. The smallest absolute Gasteiger partial charge is 0.238 e. The summed E-state index contributed by atoms with van der Waals surface area (Å²) >= 11 is 0. The predicted molar refractivity (Wildman–Crippen MR) is 78.6 cm³/mol. The van der Waals surface area contributed by atoms with Crippen molar-refractivity contribution in [2.75, 3.05) is 25.5 Å². The van der Waals surface area contributed by atoms with Crippen molar-refractivity contribution >= 4 is 11.6 Å². The zero-order valence-corrected chi connectivity index (χ0v) is 12.0. The molecule has 0 aliphatic heterocycles. The molecule has 0 unspecified atom stereocenters. The molecule has 0 atom stereocenters. The van der Waals surface area contributed by atoms with Crippen LogP contribution in [0.1, 0.15) is 26.7 Å². The number of carbonyl (C=O) groups excluding carboxylic acids is 1. The molecule has 0 bridgehead atoms. The second kappa shape index (κ2) is 8.53. The van der Waals surface area contributed by atoms with Crippen molar-refractivity contribution < 1.29 is 9.53 Å². The van der Waals surface area contributed by atoms with Gasteiger partial charge < -0.3 is 15.4 Å². The summed E-state index contributed by atoms with van der Waals surface area (Å²) in [5.41, 5.74) is 0.758. The summed E-state index contributed by atoms with van der Waals surface area (Å²) in [6.45, 7) is 5.57. The van der Waals surface area contributed by atoms with Gasteiger partial charge in [-0.3, -0.25) is 4.79 Å². The van der Waals surface area contributed by atoms with Crippen LogP contribution in [0.4, 0.5) is 5.69 Å². The summed E-state index contributed by atoms with van der Waals surface area (Å²) < 4.78 is 5.11. The van der Waals surface area contributed by atoms with Crippen LogP contribution in [-0.4, -0.2) is 26.1 Å². The molecule has 1 rings (SSSR count). The molecule has 1 aromatic carbocycles. The number of methoxy groups -OCH3 is 1. The molecule has 0 saturated carbocycles. The molecule has 0 fully saturated rings. The van der Waals surface area contributed by atoms with Gasteiger partial charge in [-0.2, -0.15) is 0 Å². The van der Waals surface area contributed by atoms with E-state index in [1.54, 1.807) is 13.2 Å². The van der Waals surface area contributed by atoms with Gasteiger partial charge in [0.15, 0.2) is 0 Å². The first-order valence-electron chi connectivity index (χ1n) is 6.84. The standard InChI is InChI=1S/C15H24N2O2/c1-4-12(5-2)10-16-11-15(18)17-13-7-6-8-14(9-13)19-3/h6-9,12,16H,4-5,10-11H2,1-3H3,(H,17,18). The Morgan fingerprint density at radius 2 is 2.05 bits per heavy atom. The molecule has 0 aliphatic carbocycles. The van der Waals surface area contributed by atoms with Crippen LogP contribution in [0.25, 0.3) is 0 Å². The first-order chi connectivity index (χ1) is 9.19. The molecule has 19 heavy (non-hydrogen) atoms. The Bertz CT molecular complexity index is 389. The molecule has 1 aromatic rings. The minimum Gasteiger partial charge on any atom is -0.497 e. The Balaban J connectivity index is 2.34. The summed E-state index contributed by atoms with van der Waals surface area (Å²) in [4.78, 5) is 11.8. The summed E-state index contributed by atoms with van der Waals surface area (Å²) in [7, 11) is 1.61. The summed E-state index contributed by atoms with van der Waals surface area (Å²) in [6, 6.07) is 7.35. The molecule has 0 aliphatic rings. The van der Waals surface area contributed by atoms with E-state index in [9.17, 15) is 4.79 Å². The average molecular weight is 264 g/mol. The first-order valence-corrected chi connectivity index (χ1v) is 6.84. The second-order valence-electron chi connectivity index (χ2n) is 4.59. The highest BCUT2D eigenvalue weighted by atomic mass is 16.5. The summed E-state index contributed by atoms with van der Waals surface area (Å²) in [5, 5.41) is 6.04. The topological polar surface area (TPSA) is 50.4 Å². The van der Waals surface area contributed by atoms with Crippen LogP contribution >= 0.6 is 0 Å². The fourth-order valence-electron chi connectivity index (χ4n) is 1.87. The van der Waals surface area contributed by atoms with Crippen LogP contribution in [0.2, 0.25) is 0 Å². The molecule has 1 amide bonds. The van der Waals surface area contributed by atoms with Crippen molar-refractivity contribution in [3.05, 3.63) is 24.3 Å². The van der Waals surface area contributed by atoms with Crippen LogP contribution in [0, 0.1) is 5.92 Å². The van der Waals surface area contributed by atoms with E-state index in [1.165, 1.54) is 0 Å². The maximum atomic E-state index is 11.8. The van der Waals surface area contributed by atoms with Crippen molar-refractivity contribution in [2.45, 2.75) is 26.7 Å². The maximum absolute atomic E-state index is 11.8. The highest BCUT2D eigenvalue weighted by molar-refractivity contribution is 5.92. The van der Waals surface area contributed by atoms with Gasteiger partial charge in [0.2, 0.25) is 5.91 Å². The molecule has 0 heterocycles. The normalized spacial score (nSPS) is 10.5. The Hall–Kier alpha value is -1.55. The van der Waals surface area contributed by atoms with E-state index in [4.69, 9.17) is 4.74 Å². The lowest BCUT2D eigenvalue weighted by molar-refractivity contribution is -0.115. The number of hydrogen-bond donors (Lipinski definition) is 2. The quantitative estimate of drug-likeness (QED) is 0.759. The lowest BCUT2D eigenvalue weighted by Crippen LogP contribution is -2.31. The highest BCUT2D eigenvalue weighted by Crippen LogP contribution is 2.16. The fraction of sp³-hybridized carbons (Fsp3) is 0.533. The number of ether oxygens (including phenoxy) is 1. The second-order valence-corrected chi connectivity index (χ2v) is 4.59. The molecule has 0 radical (unpaired) electrons. The molecular weight excluding hydrogens is 240 g/mol. The maximum Gasteiger partial charge on any atom is 0.238 e. The largest absolute Gasteiger partial charge is 0.497 e. The van der Waals surface area contributed by atoms with E-state index in [2.05, 4.69) is 24.5 Å². The van der Waals surface area contributed by atoms with E-state index in [1.807, 2.05) is 18.2 Å². The van der Waals surface area contributed by atoms with Gasteiger partial charge in [0.05, 0.1) is 13.7 Å². The van der Waals surface area contributed by atoms with Gasteiger partial charge in [-0.1, -0.05) is 32.8 Å². The van der Waals surface area contributed by atoms with Crippen LogP contribution in [0.5, 0.6) is 5.75 Å². The average Bonchev–Trinajstić information content (AvgIpc) is 2.44. The molecule has 4 heteroatoms. The van der Waals surface area contributed by atoms with Crippen LogP contribution in [0.15, 0.2) is 24.3 Å². The van der Waals surface area contributed by atoms with E-state index >= 15 is 0 Å². The van der Waals surface area contributed by atoms with E-state index in [0.717, 1.165) is 30.8 Å². The fourth-order valence-corrected chi connectivity index (χ4v) is 1.87. The van der Waals surface area contributed by atoms with Gasteiger partial charge in [0.25, 0.3) is 0 Å². The molecule has 4 nitrogen and oxygen atoms in total. The third kappa shape index (κ3) is 5.75. The van der Waals surface area contributed by atoms with Crippen molar-refractivity contribution in [3.63, 3.8) is 0 Å². The Kier molecular flexibility index (Phi) is 6.97. The Labute approximate surface area is 115 Å². The minimum atomic E-state index is -0.0285. The Morgan fingerprint density at radius 3 is 2.68 bits per heavy atom. The van der Waals surface area contributed by atoms with E-state index in [0.29, 0.717) is 12.5 Å². The molecular formula is C15H24N2O2. The van der Waals surface area contributed by atoms with Crippen molar-refractivity contribution in [2.24, 2.45) is 5.92 Å². The third-order valence-electron chi connectivity index (χ3n) is 3.23. The number of rotatable bonds is 8. The zero-order chi connectivity index (χ0) is 14.1. The van der Waals surface area contributed by atoms with Crippen LogP contribution in [0.3, 0.4) is 0 Å². The van der Waals surface area contributed by atoms with Gasteiger partial charge in [-0.15, -0.1) is 0 Å². The van der Waals surface area contributed by atoms with Gasteiger partial charge >= 0.3 is 0 Å². The van der Waals surface area contributed by atoms with Gasteiger partial charge in [0, 0.05) is 11.8 Å². The van der Waals surface area contributed by atoms with Crippen molar-refractivity contribution in [3.8, 4) is 5.75 Å². The van der Waals surface area contributed by atoms with Crippen LogP contribution in [-0.2, 0) is 4.79 Å². The minimum absolute atomic E-state index is 0.0285. The van der Waals surface area contributed by atoms with Gasteiger partial charge in [-0.25, -0.2) is 0 Å². The molecule has 0 spiro atoms. The molecule has 2 N–H and O–H groups in total. The number of carbonyl (C=O) groups is 1.